The number of aromatic nitrogens is 3. The van der Waals surface area contributed by atoms with Gasteiger partial charge in [-0.15, -0.1) is 34.2 Å². The number of nitrogens with one attached hydrogen (secondary N) is 2. The van der Waals surface area contributed by atoms with E-state index in [0.717, 1.165) is 17.0 Å². The average molecular weight is 483 g/mol. The fraction of sp³-hybridized carbons (Fsp3) is 0.278. The summed E-state index contributed by atoms with van der Waals surface area (Å²) in [4.78, 5) is 5.93. The molecule has 0 unspecified atom stereocenters. The minimum atomic E-state index is -0.243. The predicted molar refractivity (Wildman–Crippen MR) is 116 cm³/mol. The van der Waals surface area contributed by atoms with Crippen LogP contribution in [0.15, 0.2) is 47.6 Å². The van der Waals surface area contributed by atoms with Crippen LogP contribution in [0.25, 0.3) is 5.65 Å². The smallest absolute Gasteiger partial charge is 0.191 e. The fourth-order valence-corrected chi connectivity index (χ4v) is 2.60. The number of anilines is 1. The molecule has 0 aliphatic heterocycles. The van der Waals surface area contributed by atoms with E-state index in [1.807, 2.05) is 49.0 Å². The summed E-state index contributed by atoms with van der Waals surface area (Å²) in [5, 5.41) is 14.7. The molecule has 144 valence electrons. The van der Waals surface area contributed by atoms with E-state index in [4.69, 9.17) is 0 Å². The van der Waals surface area contributed by atoms with E-state index >= 15 is 0 Å². The van der Waals surface area contributed by atoms with Crippen molar-refractivity contribution in [1.29, 1.82) is 0 Å². The summed E-state index contributed by atoms with van der Waals surface area (Å²) in [6.07, 6.45) is 1.91. The number of pyridine rings is 1. The molecule has 1 aromatic carbocycles. The summed E-state index contributed by atoms with van der Waals surface area (Å²) in [7, 11) is 5.32. The highest BCUT2D eigenvalue weighted by atomic mass is 127. The maximum atomic E-state index is 14.1. The zero-order chi connectivity index (χ0) is 18.5. The van der Waals surface area contributed by atoms with Gasteiger partial charge in [-0.05, 0) is 29.8 Å². The molecule has 0 radical (unpaired) electrons. The third kappa shape index (κ3) is 5.06. The highest BCUT2D eigenvalue weighted by molar-refractivity contribution is 14.0. The van der Waals surface area contributed by atoms with Crippen LogP contribution in [0.3, 0.4) is 0 Å². The lowest BCUT2D eigenvalue weighted by Gasteiger charge is -2.15. The van der Waals surface area contributed by atoms with Gasteiger partial charge in [0.05, 0.1) is 12.2 Å². The van der Waals surface area contributed by atoms with Gasteiger partial charge in [0.1, 0.15) is 5.82 Å². The second-order valence-electron chi connectivity index (χ2n) is 6.00. The minimum absolute atomic E-state index is 0. The number of hydrogen-bond donors (Lipinski definition) is 2. The second-order valence-corrected chi connectivity index (χ2v) is 6.00. The Labute approximate surface area is 174 Å². The second kappa shape index (κ2) is 9.49. The van der Waals surface area contributed by atoms with Crippen molar-refractivity contribution >= 4 is 41.3 Å². The van der Waals surface area contributed by atoms with Crippen molar-refractivity contribution in [2.75, 3.05) is 26.0 Å². The third-order valence-electron chi connectivity index (χ3n) is 3.98. The minimum Gasteiger partial charge on any atom is -0.375 e. The SMILES string of the molecule is CN=C(NCc1ccc(N(C)C)c(F)c1)NCc1nnc2ccccn12.I. The maximum absolute atomic E-state index is 14.1. The molecule has 27 heavy (non-hydrogen) atoms. The van der Waals surface area contributed by atoms with Crippen LogP contribution in [-0.4, -0.2) is 41.7 Å². The first kappa shape index (κ1) is 20.9. The molecule has 3 aromatic rings. The molecule has 0 saturated heterocycles. The number of fused-ring (bicyclic) bond motifs is 1. The standard InChI is InChI=1S/C18H22FN7.HI/c1-20-18(21-11-13-7-8-15(25(2)3)14(19)10-13)22-12-17-24-23-16-6-4-5-9-26(16)17;/h4-10H,11-12H2,1-3H3,(H2,20,21,22);1H. The molecule has 0 atom stereocenters. The summed E-state index contributed by atoms with van der Waals surface area (Å²) >= 11 is 0. The summed E-state index contributed by atoms with van der Waals surface area (Å²) in [5.74, 6) is 1.15. The molecule has 2 N–H and O–H groups in total. The molecule has 2 heterocycles. The van der Waals surface area contributed by atoms with Crippen molar-refractivity contribution in [1.82, 2.24) is 25.2 Å². The van der Waals surface area contributed by atoms with E-state index < -0.39 is 0 Å². The first-order valence-corrected chi connectivity index (χ1v) is 8.27. The Bertz CT molecular complexity index is 923. The highest BCUT2D eigenvalue weighted by Gasteiger charge is 2.07. The predicted octanol–water partition coefficient (Wildman–Crippen LogP) is 2.42. The van der Waals surface area contributed by atoms with Gasteiger partial charge in [-0.25, -0.2) is 4.39 Å². The van der Waals surface area contributed by atoms with E-state index in [9.17, 15) is 4.39 Å². The topological polar surface area (TPSA) is 69.8 Å². The van der Waals surface area contributed by atoms with Crippen molar-refractivity contribution < 1.29 is 4.39 Å². The van der Waals surface area contributed by atoms with Gasteiger partial charge >= 0.3 is 0 Å². The summed E-state index contributed by atoms with van der Waals surface area (Å²) in [5.41, 5.74) is 2.20. The van der Waals surface area contributed by atoms with Crippen molar-refractivity contribution in [3.8, 4) is 0 Å². The Morgan fingerprint density at radius 2 is 1.93 bits per heavy atom. The quantitative estimate of drug-likeness (QED) is 0.332. The molecule has 0 saturated carbocycles. The Balaban J connectivity index is 0.00000261. The first-order chi connectivity index (χ1) is 12.6. The Morgan fingerprint density at radius 1 is 1.15 bits per heavy atom. The van der Waals surface area contributed by atoms with E-state index in [1.165, 1.54) is 6.07 Å². The van der Waals surface area contributed by atoms with Crippen LogP contribution in [0.4, 0.5) is 10.1 Å². The van der Waals surface area contributed by atoms with Crippen LogP contribution in [0.2, 0.25) is 0 Å². The van der Waals surface area contributed by atoms with E-state index in [0.29, 0.717) is 24.7 Å². The zero-order valence-corrected chi connectivity index (χ0v) is 17.8. The van der Waals surface area contributed by atoms with Crippen LogP contribution in [-0.2, 0) is 13.1 Å². The number of nitrogens with zero attached hydrogens (tertiary/aromatic N) is 5. The van der Waals surface area contributed by atoms with Gasteiger partial charge in [-0.2, -0.15) is 0 Å². The molecule has 0 fully saturated rings. The average Bonchev–Trinajstić information content (AvgIpc) is 3.05. The van der Waals surface area contributed by atoms with E-state index in [1.54, 1.807) is 18.0 Å². The number of hydrogen-bond acceptors (Lipinski definition) is 4. The third-order valence-corrected chi connectivity index (χ3v) is 3.98. The molecule has 0 aliphatic carbocycles. The Morgan fingerprint density at radius 3 is 2.63 bits per heavy atom. The molecule has 3 rings (SSSR count). The molecule has 2 aromatic heterocycles. The van der Waals surface area contributed by atoms with Crippen LogP contribution >= 0.6 is 24.0 Å². The normalized spacial score (nSPS) is 11.2. The van der Waals surface area contributed by atoms with Crippen molar-refractivity contribution in [2.24, 2.45) is 4.99 Å². The van der Waals surface area contributed by atoms with Crippen molar-refractivity contribution in [3.05, 3.63) is 59.8 Å². The lowest BCUT2D eigenvalue weighted by Crippen LogP contribution is -2.36. The number of benzene rings is 1. The van der Waals surface area contributed by atoms with Crippen LogP contribution in [0, 0.1) is 5.82 Å². The molecule has 0 bridgehead atoms. The van der Waals surface area contributed by atoms with Crippen molar-refractivity contribution in [2.45, 2.75) is 13.1 Å². The van der Waals surface area contributed by atoms with Gasteiger partial charge in [0.2, 0.25) is 0 Å². The lowest BCUT2D eigenvalue weighted by molar-refractivity contribution is 0.623. The monoisotopic (exact) mass is 483 g/mol. The van der Waals surface area contributed by atoms with Gasteiger partial charge in [-0.1, -0.05) is 12.1 Å². The Kier molecular flexibility index (Phi) is 7.34. The molecule has 0 aliphatic rings. The lowest BCUT2D eigenvalue weighted by atomic mass is 10.2. The molecule has 0 spiro atoms. The molecule has 7 nitrogen and oxygen atoms in total. The number of guanidine groups is 1. The first-order valence-electron chi connectivity index (χ1n) is 8.27. The number of halogens is 2. The van der Waals surface area contributed by atoms with E-state index in [-0.39, 0.29) is 29.8 Å². The highest BCUT2D eigenvalue weighted by Crippen LogP contribution is 2.18. The fourth-order valence-electron chi connectivity index (χ4n) is 2.60. The molecule has 9 heteroatoms. The zero-order valence-electron chi connectivity index (χ0n) is 15.5. The molecular weight excluding hydrogens is 460 g/mol. The molecular formula is C18H23FIN7. The van der Waals surface area contributed by atoms with Gasteiger partial charge in [0, 0.05) is 33.9 Å². The van der Waals surface area contributed by atoms with Gasteiger partial charge in [-0.3, -0.25) is 9.39 Å². The van der Waals surface area contributed by atoms with Crippen LogP contribution < -0.4 is 15.5 Å². The van der Waals surface area contributed by atoms with Gasteiger partial charge < -0.3 is 15.5 Å². The van der Waals surface area contributed by atoms with Crippen molar-refractivity contribution in [3.63, 3.8) is 0 Å². The Hall–Kier alpha value is -2.43. The molecule has 0 amide bonds. The van der Waals surface area contributed by atoms with Gasteiger partial charge in [0.15, 0.2) is 17.4 Å². The summed E-state index contributed by atoms with van der Waals surface area (Å²) in [6.45, 7) is 0.934. The summed E-state index contributed by atoms with van der Waals surface area (Å²) < 4.78 is 16.0. The van der Waals surface area contributed by atoms with Gasteiger partial charge in [0.25, 0.3) is 0 Å². The maximum Gasteiger partial charge on any atom is 0.191 e. The number of aliphatic imine (C=N–C) groups is 1. The summed E-state index contributed by atoms with van der Waals surface area (Å²) in [6, 6.07) is 10.9. The van der Waals surface area contributed by atoms with Crippen LogP contribution in [0.5, 0.6) is 0 Å². The largest absolute Gasteiger partial charge is 0.375 e. The van der Waals surface area contributed by atoms with E-state index in [2.05, 4.69) is 25.8 Å². The number of rotatable bonds is 5. The van der Waals surface area contributed by atoms with Crippen LogP contribution in [0.1, 0.15) is 11.4 Å².